The van der Waals surface area contributed by atoms with Crippen LogP contribution in [0.3, 0.4) is 0 Å². The molecule has 0 spiro atoms. The van der Waals surface area contributed by atoms with Gasteiger partial charge in [0.25, 0.3) is 5.56 Å². The van der Waals surface area contributed by atoms with Crippen molar-refractivity contribution in [2.45, 2.75) is 65.5 Å². The van der Waals surface area contributed by atoms with Crippen LogP contribution in [0.5, 0.6) is 0 Å². The van der Waals surface area contributed by atoms with Gasteiger partial charge >= 0.3 is 5.69 Å². The van der Waals surface area contributed by atoms with Crippen molar-refractivity contribution in [3.8, 4) is 0 Å². The molecule has 2 N–H and O–H groups in total. The molecule has 0 saturated heterocycles. The number of carbonyl (C=O) groups is 1. The molecular formula is C17H27N3O3. The van der Waals surface area contributed by atoms with Gasteiger partial charge in [0.2, 0.25) is 5.91 Å². The van der Waals surface area contributed by atoms with E-state index in [4.69, 9.17) is 0 Å². The monoisotopic (exact) mass is 321 g/mol. The van der Waals surface area contributed by atoms with Crippen LogP contribution in [0.25, 0.3) is 0 Å². The van der Waals surface area contributed by atoms with Gasteiger partial charge in [-0.1, -0.05) is 27.2 Å². The molecule has 2 rings (SSSR count). The lowest BCUT2D eigenvalue weighted by Crippen LogP contribution is -2.42. The third-order valence-electron chi connectivity index (χ3n) is 5.32. The summed E-state index contributed by atoms with van der Waals surface area (Å²) in [7, 11) is 0. The van der Waals surface area contributed by atoms with Crippen molar-refractivity contribution in [1.82, 2.24) is 14.9 Å². The second-order valence-electron chi connectivity index (χ2n) is 7.20. The number of nitrogens with one attached hydrogen (secondary N) is 2. The van der Waals surface area contributed by atoms with Crippen molar-refractivity contribution < 1.29 is 4.79 Å². The van der Waals surface area contributed by atoms with E-state index >= 15 is 0 Å². The average Bonchev–Trinajstić information content (AvgIpc) is 2.50. The summed E-state index contributed by atoms with van der Waals surface area (Å²) in [5.41, 5.74) is -0.650. The number of carbonyl (C=O) groups excluding carboxylic acids is 1. The van der Waals surface area contributed by atoms with Crippen LogP contribution in [0.1, 0.15) is 52.9 Å². The lowest BCUT2D eigenvalue weighted by atomic mass is 9.69. The van der Waals surface area contributed by atoms with Gasteiger partial charge in [-0.2, -0.15) is 0 Å². The first kappa shape index (κ1) is 17.5. The predicted octanol–water partition coefficient (Wildman–Crippen LogP) is 1.65. The fourth-order valence-corrected chi connectivity index (χ4v) is 3.30. The van der Waals surface area contributed by atoms with E-state index in [9.17, 15) is 14.4 Å². The molecule has 0 unspecified atom stereocenters. The lowest BCUT2D eigenvalue weighted by Gasteiger charge is -2.39. The van der Waals surface area contributed by atoms with Gasteiger partial charge in [0, 0.05) is 18.3 Å². The van der Waals surface area contributed by atoms with Gasteiger partial charge in [0.15, 0.2) is 0 Å². The summed E-state index contributed by atoms with van der Waals surface area (Å²) in [6.45, 7) is 6.81. The molecule has 1 saturated carbocycles. The third-order valence-corrected chi connectivity index (χ3v) is 5.32. The second kappa shape index (κ2) is 7.15. The van der Waals surface area contributed by atoms with E-state index in [1.54, 1.807) is 0 Å². The fraction of sp³-hybridized carbons (Fsp3) is 0.706. The first-order valence-electron chi connectivity index (χ1n) is 8.41. The van der Waals surface area contributed by atoms with Crippen LogP contribution in [0.2, 0.25) is 0 Å². The van der Waals surface area contributed by atoms with Gasteiger partial charge in [0.1, 0.15) is 6.54 Å². The Balaban J connectivity index is 1.85. The summed E-state index contributed by atoms with van der Waals surface area (Å²) in [6.07, 6.45) is 6.75. The Labute approximate surface area is 136 Å². The first-order valence-corrected chi connectivity index (χ1v) is 8.41. The van der Waals surface area contributed by atoms with Gasteiger partial charge in [-0.05, 0) is 37.0 Å². The number of aromatic amines is 1. The summed E-state index contributed by atoms with van der Waals surface area (Å²) in [5.74, 6) is 0.528. The number of rotatable bonds is 5. The number of nitrogens with zero attached hydrogens (tertiary/aromatic N) is 1. The molecule has 1 fully saturated rings. The zero-order chi connectivity index (χ0) is 17.0. The highest BCUT2D eigenvalue weighted by atomic mass is 16.2. The Morgan fingerprint density at radius 1 is 1.30 bits per heavy atom. The summed E-state index contributed by atoms with van der Waals surface area (Å²) < 4.78 is 1.21. The number of amides is 1. The first-order chi connectivity index (χ1) is 10.8. The Hall–Kier alpha value is -1.85. The maximum absolute atomic E-state index is 12.1. The van der Waals surface area contributed by atoms with E-state index in [2.05, 4.69) is 31.1 Å². The highest BCUT2D eigenvalue weighted by Crippen LogP contribution is 2.40. The molecule has 23 heavy (non-hydrogen) atoms. The highest BCUT2D eigenvalue weighted by molar-refractivity contribution is 5.76. The Morgan fingerprint density at radius 3 is 2.52 bits per heavy atom. The van der Waals surface area contributed by atoms with Gasteiger partial charge in [0.05, 0.1) is 0 Å². The van der Waals surface area contributed by atoms with Crippen LogP contribution < -0.4 is 16.6 Å². The number of hydrogen-bond donors (Lipinski definition) is 2. The zero-order valence-corrected chi connectivity index (χ0v) is 14.2. The maximum atomic E-state index is 12.1. The summed E-state index contributed by atoms with van der Waals surface area (Å²) in [6, 6.07) is 1.43. The quantitative estimate of drug-likeness (QED) is 0.865. The smallest absolute Gasteiger partial charge is 0.328 e. The Morgan fingerprint density at radius 2 is 1.96 bits per heavy atom. The number of H-pyrrole nitrogens is 1. The minimum atomic E-state index is -0.555. The zero-order valence-electron chi connectivity index (χ0n) is 14.2. The molecule has 0 radical (unpaired) electrons. The van der Waals surface area contributed by atoms with Gasteiger partial charge < -0.3 is 5.32 Å². The molecule has 0 atom stereocenters. The van der Waals surface area contributed by atoms with Crippen LogP contribution in [0.4, 0.5) is 0 Å². The standard InChI is InChI=1S/C17H27N3O3/c1-4-17(2,3)12-5-7-13(8-6-12)18-15(22)11-20-10-9-14(21)19-16(20)23/h9-10,12-13H,4-8,11H2,1-3H3,(H,18,22)(H,19,21,23). The molecule has 1 aromatic heterocycles. The van der Waals surface area contributed by atoms with Gasteiger partial charge in [-0.3, -0.25) is 19.1 Å². The summed E-state index contributed by atoms with van der Waals surface area (Å²) in [5, 5.41) is 3.01. The van der Waals surface area contributed by atoms with Crippen molar-refractivity contribution >= 4 is 5.91 Å². The summed E-state index contributed by atoms with van der Waals surface area (Å²) in [4.78, 5) is 36.8. The molecular weight excluding hydrogens is 294 g/mol. The highest BCUT2D eigenvalue weighted by Gasteiger charge is 2.32. The SMILES string of the molecule is CCC(C)(C)C1CCC(NC(=O)Cn2ccc(=O)[nH]c2=O)CC1. The largest absolute Gasteiger partial charge is 0.352 e. The molecule has 0 aromatic carbocycles. The number of aromatic nitrogens is 2. The molecule has 6 heteroatoms. The average molecular weight is 321 g/mol. The van der Waals surface area contributed by atoms with E-state index in [-0.39, 0.29) is 18.5 Å². The van der Waals surface area contributed by atoms with E-state index in [0.29, 0.717) is 11.3 Å². The fourth-order valence-electron chi connectivity index (χ4n) is 3.30. The van der Waals surface area contributed by atoms with Crippen molar-refractivity contribution in [2.24, 2.45) is 11.3 Å². The summed E-state index contributed by atoms with van der Waals surface area (Å²) >= 11 is 0. The topological polar surface area (TPSA) is 84.0 Å². The van der Waals surface area contributed by atoms with Gasteiger partial charge in [-0.25, -0.2) is 4.79 Å². The lowest BCUT2D eigenvalue weighted by molar-refractivity contribution is -0.122. The van der Waals surface area contributed by atoms with E-state index in [0.717, 1.165) is 25.7 Å². The Bertz CT molecular complexity index is 652. The molecule has 1 aliphatic rings. The van der Waals surface area contributed by atoms with Crippen molar-refractivity contribution in [3.05, 3.63) is 33.1 Å². The van der Waals surface area contributed by atoms with Crippen LogP contribution in [-0.4, -0.2) is 21.5 Å². The molecule has 0 aliphatic heterocycles. The minimum absolute atomic E-state index is 0.0595. The van der Waals surface area contributed by atoms with E-state index < -0.39 is 11.2 Å². The predicted molar refractivity (Wildman–Crippen MR) is 89.3 cm³/mol. The minimum Gasteiger partial charge on any atom is -0.352 e. The number of hydrogen-bond acceptors (Lipinski definition) is 3. The Kier molecular flexibility index (Phi) is 5.44. The molecule has 1 aliphatic carbocycles. The van der Waals surface area contributed by atoms with E-state index in [1.165, 1.54) is 23.3 Å². The van der Waals surface area contributed by atoms with Crippen molar-refractivity contribution in [1.29, 1.82) is 0 Å². The van der Waals surface area contributed by atoms with E-state index in [1.807, 2.05) is 0 Å². The van der Waals surface area contributed by atoms with Crippen LogP contribution in [0, 0.1) is 11.3 Å². The molecule has 6 nitrogen and oxygen atoms in total. The normalized spacial score (nSPS) is 21.9. The molecule has 128 valence electrons. The molecule has 0 bridgehead atoms. The van der Waals surface area contributed by atoms with Crippen molar-refractivity contribution in [2.75, 3.05) is 0 Å². The van der Waals surface area contributed by atoms with Crippen LogP contribution in [0.15, 0.2) is 21.9 Å². The van der Waals surface area contributed by atoms with Crippen molar-refractivity contribution in [3.63, 3.8) is 0 Å². The van der Waals surface area contributed by atoms with Crippen LogP contribution in [-0.2, 0) is 11.3 Å². The van der Waals surface area contributed by atoms with Gasteiger partial charge in [-0.15, -0.1) is 0 Å². The molecule has 1 heterocycles. The molecule has 1 amide bonds. The maximum Gasteiger partial charge on any atom is 0.328 e. The van der Waals surface area contributed by atoms with Crippen LogP contribution >= 0.6 is 0 Å². The third kappa shape index (κ3) is 4.56. The second-order valence-corrected chi connectivity index (χ2v) is 7.20. The molecule has 1 aromatic rings.